The van der Waals surface area contributed by atoms with Crippen LogP contribution in [0.3, 0.4) is 0 Å². The van der Waals surface area contributed by atoms with E-state index in [9.17, 15) is 0 Å². The maximum absolute atomic E-state index is 4.23. The molecule has 72 valence electrons. The molecule has 0 spiro atoms. The third-order valence-electron chi connectivity index (χ3n) is 2.84. The molecule has 1 unspecified atom stereocenters. The number of piperidine rings is 1. The standard InChI is InChI=1S/C10H17N3/c1-7-10(8(2)13-12-7)9-5-3-4-6-11-9/h9,11H,3-6H2,1-2H3,(H,12,13). The van der Waals surface area contributed by atoms with E-state index in [1.165, 1.54) is 30.5 Å². The van der Waals surface area contributed by atoms with Crippen LogP contribution in [0.1, 0.15) is 42.3 Å². The molecule has 1 aliphatic heterocycles. The Morgan fingerprint density at radius 2 is 2.15 bits per heavy atom. The van der Waals surface area contributed by atoms with Crippen molar-refractivity contribution in [2.45, 2.75) is 39.2 Å². The molecule has 2 rings (SSSR count). The third-order valence-corrected chi connectivity index (χ3v) is 2.84. The molecule has 0 aromatic carbocycles. The predicted molar refractivity (Wildman–Crippen MR) is 52.7 cm³/mol. The first-order valence-corrected chi connectivity index (χ1v) is 5.04. The summed E-state index contributed by atoms with van der Waals surface area (Å²) in [5.41, 5.74) is 3.76. The lowest BCUT2D eigenvalue weighted by Crippen LogP contribution is -2.27. The van der Waals surface area contributed by atoms with Crippen molar-refractivity contribution >= 4 is 0 Å². The quantitative estimate of drug-likeness (QED) is 0.690. The Bertz CT molecular complexity index is 265. The van der Waals surface area contributed by atoms with Gasteiger partial charge in [0.2, 0.25) is 0 Å². The predicted octanol–water partition coefficient (Wildman–Crippen LogP) is 1.84. The Labute approximate surface area is 78.9 Å². The van der Waals surface area contributed by atoms with Crippen LogP contribution in [0.15, 0.2) is 0 Å². The molecule has 0 amide bonds. The van der Waals surface area contributed by atoms with E-state index < -0.39 is 0 Å². The number of aromatic amines is 1. The molecule has 1 atom stereocenters. The van der Waals surface area contributed by atoms with Crippen LogP contribution in [0, 0.1) is 13.8 Å². The lowest BCUT2D eigenvalue weighted by molar-refractivity contribution is 0.410. The number of aromatic nitrogens is 2. The Kier molecular flexibility index (Phi) is 2.36. The lowest BCUT2D eigenvalue weighted by atomic mass is 9.96. The van der Waals surface area contributed by atoms with Gasteiger partial charge in [0.15, 0.2) is 0 Å². The molecule has 1 saturated heterocycles. The minimum absolute atomic E-state index is 0.535. The number of H-pyrrole nitrogens is 1. The zero-order chi connectivity index (χ0) is 9.26. The van der Waals surface area contributed by atoms with Gasteiger partial charge in [-0.05, 0) is 33.2 Å². The van der Waals surface area contributed by atoms with Gasteiger partial charge in [0.05, 0.1) is 5.69 Å². The van der Waals surface area contributed by atoms with Crippen molar-refractivity contribution in [2.24, 2.45) is 0 Å². The Morgan fingerprint density at radius 1 is 1.31 bits per heavy atom. The largest absolute Gasteiger partial charge is 0.310 e. The molecular weight excluding hydrogens is 162 g/mol. The van der Waals surface area contributed by atoms with Crippen LogP contribution in [-0.2, 0) is 0 Å². The second-order valence-corrected chi connectivity index (χ2v) is 3.85. The Morgan fingerprint density at radius 3 is 2.69 bits per heavy atom. The first-order valence-electron chi connectivity index (χ1n) is 5.04. The number of rotatable bonds is 1. The molecule has 3 nitrogen and oxygen atoms in total. The third kappa shape index (κ3) is 1.61. The van der Waals surface area contributed by atoms with Gasteiger partial charge in [-0.2, -0.15) is 5.10 Å². The summed E-state index contributed by atoms with van der Waals surface area (Å²) in [6.07, 6.45) is 3.90. The number of aryl methyl sites for hydroxylation is 2. The molecule has 0 saturated carbocycles. The molecule has 1 fully saturated rings. The minimum atomic E-state index is 0.535. The summed E-state index contributed by atoms with van der Waals surface area (Å²) >= 11 is 0. The van der Waals surface area contributed by atoms with Crippen molar-refractivity contribution in [2.75, 3.05) is 6.54 Å². The van der Waals surface area contributed by atoms with Gasteiger partial charge in [-0.25, -0.2) is 0 Å². The molecule has 0 bridgehead atoms. The van der Waals surface area contributed by atoms with Gasteiger partial charge in [-0.15, -0.1) is 0 Å². The minimum Gasteiger partial charge on any atom is -0.310 e. The van der Waals surface area contributed by atoms with Gasteiger partial charge >= 0.3 is 0 Å². The molecule has 1 aromatic heterocycles. The van der Waals surface area contributed by atoms with Gasteiger partial charge < -0.3 is 5.32 Å². The zero-order valence-corrected chi connectivity index (χ0v) is 8.35. The average Bonchev–Trinajstić information content (AvgIpc) is 2.48. The fourth-order valence-electron chi connectivity index (χ4n) is 2.17. The van der Waals surface area contributed by atoms with Crippen LogP contribution in [0.2, 0.25) is 0 Å². The molecule has 1 aliphatic rings. The second-order valence-electron chi connectivity index (χ2n) is 3.85. The van der Waals surface area contributed by atoms with Crippen LogP contribution < -0.4 is 5.32 Å². The van der Waals surface area contributed by atoms with E-state index in [-0.39, 0.29) is 0 Å². The van der Waals surface area contributed by atoms with Crippen LogP contribution >= 0.6 is 0 Å². The van der Waals surface area contributed by atoms with E-state index in [1.807, 2.05) is 0 Å². The van der Waals surface area contributed by atoms with Gasteiger partial charge in [-0.3, -0.25) is 5.10 Å². The maximum Gasteiger partial charge on any atom is 0.0641 e. The molecule has 3 heteroatoms. The summed E-state index contributed by atoms with van der Waals surface area (Å²) < 4.78 is 0. The summed E-state index contributed by atoms with van der Waals surface area (Å²) in [6.45, 7) is 5.33. The summed E-state index contributed by atoms with van der Waals surface area (Å²) in [5.74, 6) is 0. The van der Waals surface area contributed by atoms with Crippen LogP contribution in [-0.4, -0.2) is 16.7 Å². The normalized spacial score (nSPS) is 23.4. The zero-order valence-electron chi connectivity index (χ0n) is 8.35. The topological polar surface area (TPSA) is 40.7 Å². The van der Waals surface area contributed by atoms with Crippen molar-refractivity contribution in [3.63, 3.8) is 0 Å². The van der Waals surface area contributed by atoms with E-state index in [0.29, 0.717) is 6.04 Å². The summed E-state index contributed by atoms with van der Waals surface area (Å²) in [4.78, 5) is 0. The van der Waals surface area contributed by atoms with E-state index in [1.54, 1.807) is 0 Å². The van der Waals surface area contributed by atoms with E-state index in [0.717, 1.165) is 12.2 Å². The number of nitrogens with zero attached hydrogens (tertiary/aromatic N) is 1. The average molecular weight is 179 g/mol. The highest BCUT2D eigenvalue weighted by Gasteiger charge is 2.19. The second kappa shape index (κ2) is 3.50. The van der Waals surface area contributed by atoms with E-state index >= 15 is 0 Å². The van der Waals surface area contributed by atoms with Crippen molar-refractivity contribution in [3.8, 4) is 0 Å². The lowest BCUT2D eigenvalue weighted by Gasteiger charge is -2.23. The molecule has 1 aromatic rings. The summed E-state index contributed by atoms with van der Waals surface area (Å²) in [7, 11) is 0. The maximum atomic E-state index is 4.23. The Balaban J connectivity index is 2.22. The number of nitrogens with one attached hydrogen (secondary N) is 2. The van der Waals surface area contributed by atoms with Crippen LogP contribution in [0.25, 0.3) is 0 Å². The van der Waals surface area contributed by atoms with Gasteiger partial charge in [-0.1, -0.05) is 6.42 Å². The fraction of sp³-hybridized carbons (Fsp3) is 0.700. The van der Waals surface area contributed by atoms with Crippen molar-refractivity contribution in [1.82, 2.24) is 15.5 Å². The number of hydrogen-bond donors (Lipinski definition) is 2. The smallest absolute Gasteiger partial charge is 0.0641 e. The highest BCUT2D eigenvalue weighted by atomic mass is 15.1. The van der Waals surface area contributed by atoms with E-state index in [4.69, 9.17) is 0 Å². The number of hydrogen-bond acceptors (Lipinski definition) is 2. The highest BCUT2D eigenvalue weighted by Crippen LogP contribution is 2.26. The van der Waals surface area contributed by atoms with Crippen LogP contribution in [0.4, 0.5) is 0 Å². The summed E-state index contributed by atoms with van der Waals surface area (Å²) in [5, 5.41) is 10.8. The first kappa shape index (κ1) is 8.75. The molecule has 13 heavy (non-hydrogen) atoms. The molecule has 2 N–H and O–H groups in total. The molecular formula is C10H17N3. The highest BCUT2D eigenvalue weighted by molar-refractivity contribution is 5.27. The van der Waals surface area contributed by atoms with Crippen molar-refractivity contribution < 1.29 is 0 Å². The van der Waals surface area contributed by atoms with Gasteiger partial charge in [0.1, 0.15) is 0 Å². The SMILES string of the molecule is Cc1n[nH]c(C)c1C1CCCCN1. The van der Waals surface area contributed by atoms with Gasteiger partial charge in [0, 0.05) is 17.3 Å². The first-order chi connectivity index (χ1) is 6.29. The van der Waals surface area contributed by atoms with Gasteiger partial charge in [0.25, 0.3) is 0 Å². The van der Waals surface area contributed by atoms with E-state index in [2.05, 4.69) is 29.4 Å². The van der Waals surface area contributed by atoms with Crippen molar-refractivity contribution in [3.05, 3.63) is 17.0 Å². The summed E-state index contributed by atoms with van der Waals surface area (Å²) in [6, 6.07) is 0.535. The molecule has 2 heterocycles. The molecule has 0 aliphatic carbocycles. The Hall–Kier alpha value is -0.830. The van der Waals surface area contributed by atoms with Crippen molar-refractivity contribution in [1.29, 1.82) is 0 Å². The fourth-order valence-corrected chi connectivity index (χ4v) is 2.17. The monoisotopic (exact) mass is 179 g/mol. The van der Waals surface area contributed by atoms with Crippen LogP contribution in [0.5, 0.6) is 0 Å². The molecule has 0 radical (unpaired) electrons.